The van der Waals surface area contributed by atoms with Crippen LogP contribution in [-0.4, -0.2) is 21.5 Å². The first kappa shape index (κ1) is 7.83. The van der Waals surface area contributed by atoms with E-state index in [9.17, 15) is 8.42 Å². The first-order valence-electron chi connectivity index (χ1n) is 1.81. The third-order valence-electron chi connectivity index (χ3n) is 0.453. The number of hydrogen-bond acceptors (Lipinski definition) is 4. The zero-order chi connectivity index (χ0) is 6.62. The molecule has 0 amide bonds. The van der Waals surface area contributed by atoms with Crippen LogP contribution >= 0.6 is 0 Å². The highest BCUT2D eigenvalue weighted by Crippen LogP contribution is 1.77. The Balaban J connectivity index is 3.76. The molecule has 0 aromatic heterocycles. The van der Waals surface area contributed by atoms with Crippen LogP contribution in [0.15, 0.2) is 0 Å². The lowest BCUT2D eigenvalue weighted by Gasteiger charge is -1.96. The molecule has 0 bridgehead atoms. The molecular formula is C2H8N2O3S. The van der Waals surface area contributed by atoms with Gasteiger partial charge in [-0.1, -0.05) is 0 Å². The summed E-state index contributed by atoms with van der Waals surface area (Å²) >= 11 is 0. The summed E-state index contributed by atoms with van der Waals surface area (Å²) in [6.07, 6.45) is 0. The Morgan fingerprint density at radius 1 is 1.75 bits per heavy atom. The van der Waals surface area contributed by atoms with Crippen LogP contribution in [0.25, 0.3) is 0 Å². The molecule has 0 spiro atoms. The molecule has 0 unspecified atom stereocenters. The predicted octanol–water partition coefficient (Wildman–Crippen LogP) is -1.62. The molecule has 8 heavy (non-hydrogen) atoms. The summed E-state index contributed by atoms with van der Waals surface area (Å²) in [4.78, 5) is 1.59. The van der Waals surface area contributed by atoms with Gasteiger partial charge in [0, 0.05) is 7.11 Å². The molecule has 0 saturated heterocycles. The molecule has 0 aromatic rings. The lowest BCUT2D eigenvalue weighted by molar-refractivity contribution is 0.248. The monoisotopic (exact) mass is 140 g/mol. The number of hydrogen-bond donors (Lipinski definition) is 2. The highest BCUT2D eigenvalue weighted by Gasteiger charge is 2.03. The van der Waals surface area contributed by atoms with Crippen molar-refractivity contribution in [2.45, 2.75) is 0 Å². The third kappa shape index (κ3) is 2.92. The van der Waals surface area contributed by atoms with Crippen LogP contribution in [0.3, 0.4) is 0 Å². The van der Waals surface area contributed by atoms with Gasteiger partial charge in [0.25, 0.3) is 0 Å². The fourth-order valence-corrected chi connectivity index (χ4v) is 0.568. The van der Waals surface area contributed by atoms with E-state index in [1.165, 1.54) is 7.11 Å². The highest BCUT2D eigenvalue weighted by molar-refractivity contribution is 7.89. The van der Waals surface area contributed by atoms with Gasteiger partial charge in [-0.3, -0.25) is 5.84 Å². The van der Waals surface area contributed by atoms with E-state index in [2.05, 4.69) is 10.6 Å². The fourth-order valence-electron chi connectivity index (χ4n) is 0.189. The van der Waals surface area contributed by atoms with Gasteiger partial charge in [0.2, 0.25) is 10.0 Å². The van der Waals surface area contributed by atoms with Crippen LogP contribution in [0.2, 0.25) is 0 Å². The Hall–Kier alpha value is -0.170. The first-order chi connectivity index (χ1) is 3.62. The van der Waals surface area contributed by atoms with Crippen LogP contribution in [0.1, 0.15) is 0 Å². The van der Waals surface area contributed by atoms with Crippen molar-refractivity contribution in [2.75, 3.05) is 13.0 Å². The maximum Gasteiger partial charge on any atom is 0.248 e. The molecule has 0 rings (SSSR count). The average molecular weight is 140 g/mol. The quantitative estimate of drug-likeness (QED) is 0.365. The molecule has 0 heterocycles. The summed E-state index contributed by atoms with van der Waals surface area (Å²) in [6, 6.07) is 0. The van der Waals surface area contributed by atoms with Gasteiger partial charge in [0.05, 0.1) is 0 Å². The van der Waals surface area contributed by atoms with E-state index < -0.39 is 16.0 Å². The van der Waals surface area contributed by atoms with Crippen LogP contribution in [-0.2, 0) is 14.8 Å². The molecule has 0 aliphatic heterocycles. The lowest BCUT2D eigenvalue weighted by atomic mass is 11.5. The number of nitrogens with two attached hydrogens (primary N) is 1. The van der Waals surface area contributed by atoms with Gasteiger partial charge in [-0.2, -0.15) is 4.83 Å². The number of sulfonamides is 1. The van der Waals surface area contributed by atoms with Crippen molar-refractivity contribution in [3.63, 3.8) is 0 Å². The molecule has 0 aromatic carbocycles. The fraction of sp³-hybridized carbons (Fsp3) is 1.00. The van der Waals surface area contributed by atoms with Gasteiger partial charge < -0.3 is 4.74 Å². The molecule has 0 aliphatic rings. The molecular weight excluding hydrogens is 132 g/mol. The Morgan fingerprint density at radius 3 is 2.38 bits per heavy atom. The summed E-state index contributed by atoms with van der Waals surface area (Å²) in [5, 5.41) is 0. The second-order valence-electron chi connectivity index (χ2n) is 1.14. The van der Waals surface area contributed by atoms with Crippen molar-refractivity contribution < 1.29 is 13.2 Å². The number of ether oxygens (including phenoxy) is 1. The van der Waals surface area contributed by atoms with Crippen molar-refractivity contribution >= 4 is 10.0 Å². The van der Waals surface area contributed by atoms with E-state index in [1.807, 2.05) is 0 Å². The molecule has 0 aliphatic carbocycles. The Morgan fingerprint density at radius 2 is 2.25 bits per heavy atom. The largest absolute Gasteiger partial charge is 0.367 e. The summed E-state index contributed by atoms with van der Waals surface area (Å²) in [5.41, 5.74) is 0. The Kier molecular flexibility index (Phi) is 2.91. The summed E-state index contributed by atoms with van der Waals surface area (Å²) in [5.74, 6) is 4.18. The van der Waals surface area contributed by atoms with Gasteiger partial charge in [-0.25, -0.2) is 8.42 Å². The van der Waals surface area contributed by atoms with Crippen molar-refractivity contribution in [1.29, 1.82) is 0 Å². The number of hydrazine groups is 1. The molecule has 6 heteroatoms. The highest BCUT2D eigenvalue weighted by atomic mass is 32.2. The number of methoxy groups -OCH3 is 1. The maximum atomic E-state index is 10.2. The standard InChI is InChI=1S/C2H8N2O3S/c1-7-2-8(5,6)4-3/h4H,2-3H2,1H3. The van der Waals surface area contributed by atoms with E-state index in [4.69, 9.17) is 0 Å². The normalized spacial score (nSPS) is 11.8. The topological polar surface area (TPSA) is 81.4 Å². The van der Waals surface area contributed by atoms with Gasteiger partial charge in [-0.15, -0.1) is 0 Å². The SMILES string of the molecule is COCS(=O)(=O)NN. The first-order valence-corrected chi connectivity index (χ1v) is 3.46. The van der Waals surface area contributed by atoms with Crippen LogP contribution in [0, 0.1) is 0 Å². The van der Waals surface area contributed by atoms with Crippen molar-refractivity contribution in [3.8, 4) is 0 Å². The smallest absolute Gasteiger partial charge is 0.248 e. The zero-order valence-electron chi connectivity index (χ0n) is 4.42. The Bertz CT molecular complexity index is 139. The van der Waals surface area contributed by atoms with Crippen LogP contribution in [0.5, 0.6) is 0 Å². The average Bonchev–Trinajstić information content (AvgIpc) is 1.67. The van der Waals surface area contributed by atoms with Crippen LogP contribution in [0.4, 0.5) is 0 Å². The van der Waals surface area contributed by atoms with Crippen molar-refractivity contribution in [1.82, 2.24) is 4.83 Å². The lowest BCUT2D eigenvalue weighted by Crippen LogP contribution is -2.32. The molecule has 0 atom stereocenters. The van der Waals surface area contributed by atoms with Crippen LogP contribution < -0.4 is 10.7 Å². The maximum absolute atomic E-state index is 10.2. The predicted molar refractivity (Wildman–Crippen MR) is 28.1 cm³/mol. The van der Waals surface area contributed by atoms with Gasteiger partial charge in [0.15, 0.2) is 5.94 Å². The summed E-state index contributed by atoms with van der Waals surface area (Å²) in [7, 11) is -2.09. The molecule has 0 fully saturated rings. The molecule has 0 radical (unpaired) electrons. The summed E-state index contributed by atoms with van der Waals surface area (Å²) in [6.45, 7) is 0. The van der Waals surface area contributed by atoms with E-state index in [-0.39, 0.29) is 0 Å². The van der Waals surface area contributed by atoms with E-state index in [0.717, 1.165) is 0 Å². The van der Waals surface area contributed by atoms with E-state index in [1.54, 1.807) is 4.83 Å². The minimum Gasteiger partial charge on any atom is -0.367 e. The molecule has 50 valence electrons. The van der Waals surface area contributed by atoms with Gasteiger partial charge >= 0.3 is 0 Å². The zero-order valence-corrected chi connectivity index (χ0v) is 5.23. The Labute approximate surface area is 47.8 Å². The van der Waals surface area contributed by atoms with Crippen molar-refractivity contribution in [2.24, 2.45) is 5.84 Å². The van der Waals surface area contributed by atoms with E-state index >= 15 is 0 Å². The van der Waals surface area contributed by atoms with Gasteiger partial charge in [0.1, 0.15) is 0 Å². The molecule has 0 saturated carbocycles. The van der Waals surface area contributed by atoms with Crippen molar-refractivity contribution in [3.05, 3.63) is 0 Å². The minimum atomic E-state index is -3.36. The van der Waals surface area contributed by atoms with Gasteiger partial charge in [-0.05, 0) is 0 Å². The minimum absolute atomic E-state index is 0.399. The van der Waals surface area contributed by atoms with E-state index in [0.29, 0.717) is 0 Å². The summed E-state index contributed by atoms with van der Waals surface area (Å²) < 4.78 is 24.7. The number of rotatable bonds is 3. The molecule has 5 nitrogen and oxygen atoms in total. The second kappa shape index (κ2) is 2.98. The number of nitrogens with one attached hydrogen (secondary N) is 1. The molecule has 3 N–H and O–H groups in total. The third-order valence-corrected chi connectivity index (χ3v) is 1.36. The second-order valence-corrected chi connectivity index (χ2v) is 2.84.